The molecule has 0 bridgehead atoms. The molecule has 6 heteroatoms. The van der Waals surface area contributed by atoms with Gasteiger partial charge in [0.15, 0.2) is 0 Å². The number of amides is 2. The SMILES string of the molecule is CC(N)C1CCCCN1C(=O)CNC(=O)Cc1cccc(F)c1. The first-order valence-corrected chi connectivity index (χ1v) is 8.03. The molecular formula is C17H24FN3O2. The Morgan fingerprint density at radius 2 is 2.22 bits per heavy atom. The molecule has 3 N–H and O–H groups in total. The van der Waals surface area contributed by atoms with Gasteiger partial charge in [0, 0.05) is 18.6 Å². The van der Waals surface area contributed by atoms with E-state index in [-0.39, 0.29) is 42.7 Å². The zero-order chi connectivity index (χ0) is 16.8. The van der Waals surface area contributed by atoms with Crippen molar-refractivity contribution in [1.82, 2.24) is 10.2 Å². The van der Waals surface area contributed by atoms with Gasteiger partial charge in [0.2, 0.25) is 11.8 Å². The van der Waals surface area contributed by atoms with E-state index >= 15 is 0 Å². The van der Waals surface area contributed by atoms with E-state index in [0.29, 0.717) is 12.1 Å². The van der Waals surface area contributed by atoms with Gasteiger partial charge in [-0.05, 0) is 43.9 Å². The van der Waals surface area contributed by atoms with Crippen LogP contribution in [0.1, 0.15) is 31.7 Å². The second-order valence-corrected chi connectivity index (χ2v) is 6.09. The molecule has 2 amide bonds. The van der Waals surface area contributed by atoms with Gasteiger partial charge in [-0.1, -0.05) is 12.1 Å². The molecule has 1 fully saturated rings. The summed E-state index contributed by atoms with van der Waals surface area (Å²) in [7, 11) is 0. The predicted molar refractivity (Wildman–Crippen MR) is 86.1 cm³/mol. The number of benzene rings is 1. The summed E-state index contributed by atoms with van der Waals surface area (Å²) in [6.07, 6.45) is 3.00. The molecule has 0 radical (unpaired) electrons. The summed E-state index contributed by atoms with van der Waals surface area (Å²) in [5.74, 6) is -0.780. The van der Waals surface area contributed by atoms with E-state index in [0.717, 1.165) is 19.3 Å². The number of hydrogen-bond acceptors (Lipinski definition) is 3. The Bertz CT molecular complexity index is 563. The highest BCUT2D eigenvalue weighted by molar-refractivity contribution is 5.86. The van der Waals surface area contributed by atoms with Crippen molar-refractivity contribution in [3.8, 4) is 0 Å². The van der Waals surface area contributed by atoms with Crippen molar-refractivity contribution in [1.29, 1.82) is 0 Å². The molecule has 5 nitrogen and oxygen atoms in total. The summed E-state index contributed by atoms with van der Waals surface area (Å²) in [6, 6.07) is 5.84. The minimum absolute atomic E-state index is 0.0383. The van der Waals surface area contributed by atoms with E-state index in [1.807, 2.05) is 6.92 Å². The van der Waals surface area contributed by atoms with Crippen LogP contribution in [0.25, 0.3) is 0 Å². The van der Waals surface area contributed by atoms with Crippen LogP contribution in [0.2, 0.25) is 0 Å². The van der Waals surface area contributed by atoms with Crippen LogP contribution in [0.15, 0.2) is 24.3 Å². The molecule has 1 aromatic rings. The number of hydrogen-bond donors (Lipinski definition) is 2. The standard InChI is InChI=1S/C17H24FN3O2/c1-12(19)15-7-2-3-8-21(15)17(23)11-20-16(22)10-13-5-4-6-14(18)9-13/h4-6,9,12,15H,2-3,7-8,10-11,19H2,1H3,(H,20,22). The smallest absolute Gasteiger partial charge is 0.242 e. The molecule has 23 heavy (non-hydrogen) atoms. The van der Waals surface area contributed by atoms with Crippen LogP contribution in [0.3, 0.4) is 0 Å². The summed E-state index contributed by atoms with van der Waals surface area (Å²) in [6.45, 7) is 2.54. The Kier molecular flexibility index (Phi) is 6.10. The minimum atomic E-state index is -0.375. The molecule has 2 atom stereocenters. The number of rotatable bonds is 5. The Labute approximate surface area is 136 Å². The van der Waals surface area contributed by atoms with Gasteiger partial charge in [-0.15, -0.1) is 0 Å². The van der Waals surface area contributed by atoms with E-state index in [1.54, 1.807) is 17.0 Å². The number of piperidine rings is 1. The Hall–Kier alpha value is -1.95. The molecule has 1 saturated heterocycles. The maximum Gasteiger partial charge on any atom is 0.242 e. The fraction of sp³-hybridized carbons (Fsp3) is 0.529. The van der Waals surface area contributed by atoms with Gasteiger partial charge in [-0.25, -0.2) is 4.39 Å². The van der Waals surface area contributed by atoms with Crippen LogP contribution in [0, 0.1) is 5.82 Å². The number of nitrogens with zero attached hydrogens (tertiary/aromatic N) is 1. The zero-order valence-electron chi connectivity index (χ0n) is 13.4. The molecule has 2 rings (SSSR count). The zero-order valence-corrected chi connectivity index (χ0v) is 13.4. The minimum Gasteiger partial charge on any atom is -0.347 e. The lowest BCUT2D eigenvalue weighted by molar-refractivity contribution is -0.136. The van der Waals surface area contributed by atoms with Crippen molar-refractivity contribution in [3.05, 3.63) is 35.6 Å². The summed E-state index contributed by atoms with van der Waals surface area (Å²) < 4.78 is 13.1. The normalized spacial score (nSPS) is 19.3. The summed E-state index contributed by atoms with van der Waals surface area (Å²) >= 11 is 0. The summed E-state index contributed by atoms with van der Waals surface area (Å²) in [5.41, 5.74) is 6.54. The first-order chi connectivity index (χ1) is 11.0. The predicted octanol–water partition coefficient (Wildman–Crippen LogP) is 1.21. The van der Waals surface area contributed by atoms with Crippen molar-refractivity contribution in [2.45, 2.75) is 44.7 Å². The lowest BCUT2D eigenvalue weighted by Crippen LogP contribution is -2.54. The van der Waals surface area contributed by atoms with E-state index in [9.17, 15) is 14.0 Å². The highest BCUT2D eigenvalue weighted by Crippen LogP contribution is 2.18. The highest BCUT2D eigenvalue weighted by Gasteiger charge is 2.29. The molecular weight excluding hydrogens is 297 g/mol. The number of carbonyl (C=O) groups is 2. The van der Waals surface area contributed by atoms with Crippen molar-refractivity contribution in [3.63, 3.8) is 0 Å². The summed E-state index contributed by atoms with van der Waals surface area (Å²) in [4.78, 5) is 26.0. The quantitative estimate of drug-likeness (QED) is 0.856. The van der Waals surface area contributed by atoms with E-state index in [4.69, 9.17) is 5.73 Å². The largest absolute Gasteiger partial charge is 0.347 e. The molecule has 1 aromatic carbocycles. The Morgan fingerprint density at radius 1 is 1.43 bits per heavy atom. The third-order valence-corrected chi connectivity index (χ3v) is 4.17. The molecule has 1 heterocycles. The van der Waals surface area contributed by atoms with E-state index in [1.165, 1.54) is 12.1 Å². The lowest BCUT2D eigenvalue weighted by atomic mass is 9.97. The second kappa shape index (κ2) is 8.06. The van der Waals surface area contributed by atoms with Gasteiger partial charge in [0.05, 0.1) is 13.0 Å². The molecule has 0 aliphatic carbocycles. The molecule has 1 aliphatic rings. The fourth-order valence-electron chi connectivity index (χ4n) is 2.98. The Balaban J connectivity index is 1.84. The molecule has 2 unspecified atom stereocenters. The number of nitrogens with one attached hydrogen (secondary N) is 1. The third-order valence-electron chi connectivity index (χ3n) is 4.17. The number of likely N-dealkylation sites (tertiary alicyclic amines) is 1. The van der Waals surface area contributed by atoms with E-state index in [2.05, 4.69) is 5.32 Å². The molecule has 0 saturated carbocycles. The van der Waals surface area contributed by atoms with Crippen molar-refractivity contribution >= 4 is 11.8 Å². The van der Waals surface area contributed by atoms with Gasteiger partial charge < -0.3 is 16.0 Å². The van der Waals surface area contributed by atoms with Crippen LogP contribution in [-0.4, -0.2) is 41.9 Å². The number of halogens is 1. The maximum atomic E-state index is 13.1. The summed E-state index contributed by atoms with van der Waals surface area (Å²) in [5, 5.41) is 2.61. The number of nitrogens with two attached hydrogens (primary N) is 1. The third kappa shape index (κ3) is 5.03. The van der Waals surface area contributed by atoms with Gasteiger partial charge in [-0.2, -0.15) is 0 Å². The topological polar surface area (TPSA) is 75.4 Å². The highest BCUT2D eigenvalue weighted by atomic mass is 19.1. The van der Waals surface area contributed by atoms with Crippen LogP contribution >= 0.6 is 0 Å². The molecule has 126 valence electrons. The van der Waals surface area contributed by atoms with E-state index < -0.39 is 0 Å². The molecule has 0 spiro atoms. The van der Waals surface area contributed by atoms with Crippen molar-refractivity contribution < 1.29 is 14.0 Å². The monoisotopic (exact) mass is 321 g/mol. The second-order valence-electron chi connectivity index (χ2n) is 6.09. The average molecular weight is 321 g/mol. The van der Waals surface area contributed by atoms with Crippen LogP contribution < -0.4 is 11.1 Å². The van der Waals surface area contributed by atoms with Gasteiger partial charge in [-0.3, -0.25) is 9.59 Å². The lowest BCUT2D eigenvalue weighted by Gasteiger charge is -2.38. The van der Waals surface area contributed by atoms with Gasteiger partial charge in [0.1, 0.15) is 5.82 Å². The molecule has 1 aliphatic heterocycles. The fourth-order valence-corrected chi connectivity index (χ4v) is 2.98. The van der Waals surface area contributed by atoms with Gasteiger partial charge >= 0.3 is 0 Å². The van der Waals surface area contributed by atoms with Crippen LogP contribution in [-0.2, 0) is 16.0 Å². The first-order valence-electron chi connectivity index (χ1n) is 8.03. The van der Waals surface area contributed by atoms with Crippen molar-refractivity contribution in [2.75, 3.05) is 13.1 Å². The maximum absolute atomic E-state index is 13.1. The van der Waals surface area contributed by atoms with Gasteiger partial charge in [0.25, 0.3) is 0 Å². The van der Waals surface area contributed by atoms with Crippen LogP contribution in [0.5, 0.6) is 0 Å². The molecule has 0 aromatic heterocycles. The average Bonchev–Trinajstić information content (AvgIpc) is 2.52. The van der Waals surface area contributed by atoms with Crippen molar-refractivity contribution in [2.24, 2.45) is 5.73 Å². The first kappa shape index (κ1) is 17.4. The number of carbonyl (C=O) groups excluding carboxylic acids is 2. The van der Waals surface area contributed by atoms with Crippen LogP contribution in [0.4, 0.5) is 4.39 Å². The Morgan fingerprint density at radius 3 is 2.91 bits per heavy atom.